The lowest BCUT2D eigenvalue weighted by molar-refractivity contribution is -0.120. The zero-order chi connectivity index (χ0) is 19.7. The molecule has 1 saturated heterocycles. The molecule has 1 fully saturated rings. The first-order valence-electron chi connectivity index (χ1n) is 8.96. The number of nitrogens with zero attached hydrogens (tertiary/aromatic N) is 2. The van der Waals surface area contributed by atoms with Gasteiger partial charge in [0.2, 0.25) is 5.91 Å². The van der Waals surface area contributed by atoms with E-state index in [-0.39, 0.29) is 23.2 Å². The number of hydrogen-bond donors (Lipinski definition) is 1. The number of rotatable bonds is 6. The molecule has 146 valence electrons. The van der Waals surface area contributed by atoms with Gasteiger partial charge in [-0.2, -0.15) is 0 Å². The van der Waals surface area contributed by atoms with Crippen molar-refractivity contribution in [3.63, 3.8) is 0 Å². The van der Waals surface area contributed by atoms with E-state index in [1.54, 1.807) is 13.1 Å². The summed E-state index contributed by atoms with van der Waals surface area (Å²) < 4.78 is 25.4. The van der Waals surface area contributed by atoms with Crippen LogP contribution in [0.25, 0.3) is 5.69 Å². The first-order valence-corrected chi connectivity index (χ1v) is 11.8. The molecule has 0 radical (unpaired) electrons. The molecule has 2 aromatic rings. The number of amides is 1. The van der Waals surface area contributed by atoms with Crippen LogP contribution in [-0.4, -0.2) is 46.7 Å². The van der Waals surface area contributed by atoms with Crippen LogP contribution >= 0.6 is 11.8 Å². The molecule has 1 aromatic heterocycles. The summed E-state index contributed by atoms with van der Waals surface area (Å²) in [5, 5.41) is 3.62. The Bertz CT molecular complexity index is 937. The van der Waals surface area contributed by atoms with Crippen molar-refractivity contribution in [3.05, 3.63) is 42.2 Å². The summed E-state index contributed by atoms with van der Waals surface area (Å²) in [5.41, 5.74) is 1.60. The van der Waals surface area contributed by atoms with Crippen molar-refractivity contribution in [2.45, 2.75) is 43.8 Å². The van der Waals surface area contributed by atoms with E-state index in [9.17, 15) is 13.2 Å². The standard InChI is InChI=1S/C19H25N3O3S2/c1-14(2)15-6-4-5-7-16(15)22-10-9-20-18(22)26-12-17(23)21-19(3)8-11-27(24,25)13-19/h4-7,9-10,14H,8,11-13H2,1-3H3,(H,21,23). The van der Waals surface area contributed by atoms with E-state index in [4.69, 9.17) is 0 Å². The summed E-state index contributed by atoms with van der Waals surface area (Å²) in [4.78, 5) is 16.8. The molecular weight excluding hydrogens is 382 g/mol. The number of sulfone groups is 1. The molecule has 1 unspecified atom stereocenters. The normalized spacial score (nSPS) is 21.5. The van der Waals surface area contributed by atoms with Crippen molar-refractivity contribution in [2.24, 2.45) is 0 Å². The number of nitrogens with one attached hydrogen (secondary N) is 1. The lowest BCUT2D eigenvalue weighted by Gasteiger charge is -2.23. The summed E-state index contributed by atoms with van der Waals surface area (Å²) in [7, 11) is -3.05. The molecule has 2 heterocycles. The van der Waals surface area contributed by atoms with E-state index in [2.05, 4.69) is 30.2 Å². The summed E-state index contributed by atoms with van der Waals surface area (Å²) in [6.45, 7) is 6.08. The van der Waals surface area contributed by atoms with Gasteiger partial charge in [-0.1, -0.05) is 43.8 Å². The minimum atomic E-state index is -3.05. The SMILES string of the molecule is CC(C)c1ccccc1-n1ccnc1SCC(=O)NC1(C)CCS(=O)(=O)C1. The number of aromatic nitrogens is 2. The summed E-state index contributed by atoms with van der Waals surface area (Å²) in [5.74, 6) is 0.525. The van der Waals surface area contributed by atoms with Crippen LogP contribution in [0, 0.1) is 0 Å². The molecule has 27 heavy (non-hydrogen) atoms. The highest BCUT2D eigenvalue weighted by molar-refractivity contribution is 7.99. The molecule has 1 N–H and O–H groups in total. The van der Waals surface area contributed by atoms with Gasteiger partial charge in [0.25, 0.3) is 0 Å². The van der Waals surface area contributed by atoms with Crippen LogP contribution in [0.1, 0.15) is 38.7 Å². The van der Waals surface area contributed by atoms with Gasteiger partial charge in [0.1, 0.15) is 0 Å². The van der Waals surface area contributed by atoms with Gasteiger partial charge in [0, 0.05) is 12.4 Å². The minimum Gasteiger partial charge on any atom is -0.349 e. The fourth-order valence-electron chi connectivity index (χ4n) is 3.39. The molecule has 8 heteroatoms. The van der Waals surface area contributed by atoms with Crippen molar-refractivity contribution >= 4 is 27.5 Å². The van der Waals surface area contributed by atoms with Crippen LogP contribution in [0.2, 0.25) is 0 Å². The van der Waals surface area contributed by atoms with Crippen LogP contribution in [0.4, 0.5) is 0 Å². The fraction of sp³-hybridized carbons (Fsp3) is 0.474. The predicted octanol–water partition coefficient (Wildman–Crippen LogP) is 2.78. The second-order valence-electron chi connectivity index (χ2n) is 7.53. The summed E-state index contributed by atoms with van der Waals surface area (Å²) in [6, 6.07) is 8.16. The van der Waals surface area contributed by atoms with Crippen molar-refractivity contribution in [2.75, 3.05) is 17.3 Å². The van der Waals surface area contributed by atoms with Crippen molar-refractivity contribution in [3.8, 4) is 5.69 Å². The largest absolute Gasteiger partial charge is 0.349 e. The van der Waals surface area contributed by atoms with E-state index < -0.39 is 15.4 Å². The third-order valence-electron chi connectivity index (χ3n) is 4.70. The third-order valence-corrected chi connectivity index (χ3v) is 7.57. The first kappa shape index (κ1) is 19.9. The maximum atomic E-state index is 12.4. The van der Waals surface area contributed by atoms with Crippen LogP contribution in [0.5, 0.6) is 0 Å². The number of benzene rings is 1. The first-order chi connectivity index (χ1) is 12.7. The number of carbonyl (C=O) groups excluding carboxylic acids is 1. The molecule has 0 aliphatic carbocycles. The van der Waals surface area contributed by atoms with Crippen molar-refractivity contribution in [1.82, 2.24) is 14.9 Å². The van der Waals surface area contributed by atoms with Gasteiger partial charge in [0.05, 0.1) is 28.5 Å². The molecule has 1 aliphatic heterocycles. The topological polar surface area (TPSA) is 81.1 Å². The molecular formula is C19H25N3O3S2. The number of hydrogen-bond acceptors (Lipinski definition) is 5. The third kappa shape index (κ3) is 4.73. The average molecular weight is 408 g/mol. The zero-order valence-electron chi connectivity index (χ0n) is 15.8. The highest BCUT2D eigenvalue weighted by atomic mass is 32.2. The van der Waals surface area contributed by atoms with Crippen LogP contribution in [0.15, 0.2) is 41.8 Å². The van der Waals surface area contributed by atoms with E-state index in [0.29, 0.717) is 12.3 Å². The second kappa shape index (κ2) is 7.67. The van der Waals surface area contributed by atoms with Crippen LogP contribution in [0.3, 0.4) is 0 Å². The Balaban J connectivity index is 1.69. The molecule has 1 atom stereocenters. The number of carbonyl (C=O) groups is 1. The lowest BCUT2D eigenvalue weighted by atomic mass is 10.0. The van der Waals surface area contributed by atoms with Crippen molar-refractivity contribution in [1.29, 1.82) is 0 Å². The van der Waals surface area contributed by atoms with Gasteiger partial charge in [0.15, 0.2) is 15.0 Å². The molecule has 0 spiro atoms. The Kier molecular flexibility index (Phi) is 5.67. The van der Waals surface area contributed by atoms with Gasteiger partial charge in [-0.25, -0.2) is 13.4 Å². The van der Waals surface area contributed by atoms with Gasteiger partial charge in [-0.15, -0.1) is 0 Å². The highest BCUT2D eigenvalue weighted by Crippen LogP contribution is 2.27. The fourth-order valence-corrected chi connectivity index (χ4v) is 6.25. The monoisotopic (exact) mass is 407 g/mol. The Labute approximate surface area is 164 Å². The number of imidazole rings is 1. The molecule has 1 aromatic carbocycles. The predicted molar refractivity (Wildman–Crippen MR) is 108 cm³/mol. The van der Waals surface area contributed by atoms with Crippen molar-refractivity contribution < 1.29 is 13.2 Å². The quantitative estimate of drug-likeness (QED) is 0.745. The van der Waals surface area contributed by atoms with E-state index in [1.165, 1.54) is 17.3 Å². The van der Waals surface area contributed by atoms with E-state index in [1.807, 2.05) is 29.0 Å². The zero-order valence-corrected chi connectivity index (χ0v) is 17.4. The minimum absolute atomic E-state index is 0.00674. The van der Waals surface area contributed by atoms with Crippen LogP contribution in [-0.2, 0) is 14.6 Å². The van der Waals surface area contributed by atoms with E-state index >= 15 is 0 Å². The molecule has 3 rings (SSSR count). The number of para-hydroxylation sites is 1. The Morgan fingerprint density at radius 1 is 1.37 bits per heavy atom. The summed E-state index contributed by atoms with van der Waals surface area (Å²) in [6.07, 6.45) is 4.08. The van der Waals surface area contributed by atoms with Gasteiger partial charge < -0.3 is 5.32 Å². The maximum Gasteiger partial charge on any atom is 0.230 e. The highest BCUT2D eigenvalue weighted by Gasteiger charge is 2.39. The van der Waals surface area contributed by atoms with E-state index in [0.717, 1.165) is 10.8 Å². The maximum absolute atomic E-state index is 12.4. The molecule has 0 saturated carbocycles. The van der Waals surface area contributed by atoms with Crippen LogP contribution < -0.4 is 5.32 Å². The second-order valence-corrected chi connectivity index (χ2v) is 10.7. The Morgan fingerprint density at radius 3 is 2.78 bits per heavy atom. The lowest BCUT2D eigenvalue weighted by Crippen LogP contribution is -2.47. The Morgan fingerprint density at radius 2 is 2.11 bits per heavy atom. The van der Waals surface area contributed by atoms with Gasteiger partial charge >= 0.3 is 0 Å². The molecule has 0 bridgehead atoms. The smallest absolute Gasteiger partial charge is 0.230 e. The Hall–Kier alpha value is -1.80. The summed E-state index contributed by atoms with van der Waals surface area (Å²) >= 11 is 1.35. The number of thioether (sulfide) groups is 1. The molecule has 1 amide bonds. The van der Waals surface area contributed by atoms with Gasteiger partial charge in [-0.3, -0.25) is 9.36 Å². The van der Waals surface area contributed by atoms with Gasteiger partial charge in [-0.05, 0) is 30.9 Å². The average Bonchev–Trinajstić information content (AvgIpc) is 3.16. The molecule has 6 nitrogen and oxygen atoms in total. The molecule has 1 aliphatic rings.